The Morgan fingerprint density at radius 3 is 2.71 bits per heavy atom. The lowest BCUT2D eigenvalue weighted by Crippen LogP contribution is -2.24. The zero-order valence-electron chi connectivity index (χ0n) is 17.1. The summed E-state index contributed by atoms with van der Waals surface area (Å²) in [6.07, 6.45) is 8.14. The van der Waals surface area contributed by atoms with Crippen molar-refractivity contribution in [1.82, 2.24) is 19.5 Å². The number of hydrogen-bond donors (Lipinski definition) is 2. The molecule has 0 amide bonds. The van der Waals surface area contributed by atoms with Crippen molar-refractivity contribution in [1.29, 1.82) is 0 Å². The standard InChI is InChI=1S/C22H30N6/c1-15(2)28-14-24-19-20(23-13-17-9-7-8-16(3)12-17)26-22(27-21(19)28)25-18-10-5-4-6-11-18/h7-9,12,14-15,18H,4-6,10-11,13H2,1-3H3,(H2,23,25,26,27). The number of fused-ring (bicyclic) bond motifs is 1. The number of imidazole rings is 1. The quantitative estimate of drug-likeness (QED) is 0.627. The van der Waals surface area contributed by atoms with Gasteiger partial charge < -0.3 is 15.2 Å². The summed E-state index contributed by atoms with van der Waals surface area (Å²) in [5.41, 5.74) is 4.21. The fourth-order valence-electron chi connectivity index (χ4n) is 3.92. The van der Waals surface area contributed by atoms with Crippen molar-refractivity contribution in [2.75, 3.05) is 10.6 Å². The van der Waals surface area contributed by atoms with Crippen LogP contribution in [0.15, 0.2) is 30.6 Å². The van der Waals surface area contributed by atoms with E-state index in [0.29, 0.717) is 24.6 Å². The average Bonchev–Trinajstić information content (AvgIpc) is 3.11. The van der Waals surface area contributed by atoms with Crippen molar-refractivity contribution >= 4 is 22.9 Å². The highest BCUT2D eigenvalue weighted by Crippen LogP contribution is 2.26. The summed E-state index contributed by atoms with van der Waals surface area (Å²) in [6, 6.07) is 9.29. The Kier molecular flexibility index (Phi) is 5.46. The third-order valence-corrected chi connectivity index (χ3v) is 5.46. The molecule has 0 bridgehead atoms. The molecule has 6 nitrogen and oxygen atoms in total. The van der Waals surface area contributed by atoms with E-state index in [1.807, 2.05) is 6.33 Å². The molecule has 0 atom stereocenters. The monoisotopic (exact) mass is 378 g/mol. The Morgan fingerprint density at radius 1 is 1.14 bits per heavy atom. The maximum Gasteiger partial charge on any atom is 0.227 e. The third-order valence-electron chi connectivity index (χ3n) is 5.46. The average molecular weight is 379 g/mol. The molecule has 0 unspecified atom stereocenters. The van der Waals surface area contributed by atoms with Crippen molar-refractivity contribution in [2.45, 2.75) is 71.5 Å². The van der Waals surface area contributed by atoms with Gasteiger partial charge in [0, 0.05) is 18.6 Å². The molecule has 1 fully saturated rings. The number of benzene rings is 1. The molecule has 3 aromatic rings. The summed E-state index contributed by atoms with van der Waals surface area (Å²) in [7, 11) is 0. The molecule has 1 aromatic carbocycles. The maximum absolute atomic E-state index is 4.82. The number of aryl methyl sites for hydroxylation is 1. The Labute approximate surface area is 166 Å². The second-order valence-electron chi connectivity index (χ2n) is 8.14. The molecule has 1 saturated carbocycles. The number of rotatable bonds is 6. The molecule has 6 heteroatoms. The first kappa shape index (κ1) is 18.7. The van der Waals surface area contributed by atoms with E-state index >= 15 is 0 Å². The molecule has 0 saturated heterocycles. The van der Waals surface area contributed by atoms with E-state index < -0.39 is 0 Å². The van der Waals surface area contributed by atoms with E-state index in [9.17, 15) is 0 Å². The van der Waals surface area contributed by atoms with E-state index in [4.69, 9.17) is 9.97 Å². The van der Waals surface area contributed by atoms with Gasteiger partial charge in [0.1, 0.15) is 0 Å². The number of nitrogens with one attached hydrogen (secondary N) is 2. The Balaban J connectivity index is 1.64. The van der Waals surface area contributed by atoms with Gasteiger partial charge in [-0.05, 0) is 39.2 Å². The predicted octanol–water partition coefficient (Wildman–Crippen LogP) is 5.07. The van der Waals surface area contributed by atoms with E-state index in [1.165, 1.54) is 43.2 Å². The minimum absolute atomic E-state index is 0.298. The van der Waals surface area contributed by atoms with Gasteiger partial charge in [-0.2, -0.15) is 9.97 Å². The smallest absolute Gasteiger partial charge is 0.227 e. The van der Waals surface area contributed by atoms with Crippen molar-refractivity contribution in [2.24, 2.45) is 0 Å². The maximum atomic E-state index is 4.82. The molecule has 2 heterocycles. The minimum atomic E-state index is 0.298. The normalized spacial score (nSPS) is 15.3. The number of aromatic nitrogens is 4. The van der Waals surface area contributed by atoms with Gasteiger partial charge in [-0.25, -0.2) is 4.98 Å². The van der Waals surface area contributed by atoms with Crippen molar-refractivity contribution < 1.29 is 0 Å². The fraction of sp³-hybridized carbons (Fsp3) is 0.500. The van der Waals surface area contributed by atoms with Gasteiger partial charge in [0.05, 0.1) is 6.33 Å². The molecule has 0 spiro atoms. The van der Waals surface area contributed by atoms with Crippen LogP contribution in [-0.2, 0) is 6.54 Å². The van der Waals surface area contributed by atoms with Crippen LogP contribution in [0.1, 0.15) is 63.1 Å². The highest BCUT2D eigenvalue weighted by Gasteiger charge is 2.18. The van der Waals surface area contributed by atoms with Gasteiger partial charge in [0.2, 0.25) is 5.95 Å². The predicted molar refractivity (Wildman–Crippen MR) is 115 cm³/mol. The lowest BCUT2D eigenvalue weighted by Gasteiger charge is -2.23. The van der Waals surface area contributed by atoms with Crippen LogP contribution in [-0.4, -0.2) is 25.6 Å². The van der Waals surface area contributed by atoms with Gasteiger partial charge in [0.15, 0.2) is 17.0 Å². The van der Waals surface area contributed by atoms with E-state index in [2.05, 4.69) is 65.2 Å². The SMILES string of the molecule is Cc1cccc(CNc2nc(NC3CCCCC3)nc3c2ncn3C(C)C)c1. The van der Waals surface area contributed by atoms with Crippen LogP contribution in [0.25, 0.3) is 11.2 Å². The largest absolute Gasteiger partial charge is 0.364 e. The van der Waals surface area contributed by atoms with Crippen LogP contribution in [0.3, 0.4) is 0 Å². The van der Waals surface area contributed by atoms with Crippen molar-refractivity contribution in [3.05, 3.63) is 41.7 Å². The third kappa shape index (κ3) is 4.11. The highest BCUT2D eigenvalue weighted by molar-refractivity contribution is 5.84. The van der Waals surface area contributed by atoms with E-state index in [0.717, 1.165) is 17.0 Å². The topological polar surface area (TPSA) is 67.7 Å². The van der Waals surface area contributed by atoms with Gasteiger partial charge >= 0.3 is 0 Å². The zero-order valence-corrected chi connectivity index (χ0v) is 17.1. The first-order valence-electron chi connectivity index (χ1n) is 10.4. The van der Waals surface area contributed by atoms with E-state index in [1.54, 1.807) is 0 Å². The first-order chi connectivity index (χ1) is 13.6. The molecule has 0 aliphatic heterocycles. The van der Waals surface area contributed by atoms with Crippen LogP contribution >= 0.6 is 0 Å². The first-order valence-corrected chi connectivity index (χ1v) is 10.4. The molecule has 2 N–H and O–H groups in total. The fourth-order valence-corrected chi connectivity index (χ4v) is 3.92. The van der Waals surface area contributed by atoms with Gasteiger partial charge in [-0.1, -0.05) is 49.1 Å². The molecular weight excluding hydrogens is 348 g/mol. The Hall–Kier alpha value is -2.63. The van der Waals surface area contributed by atoms with Crippen LogP contribution in [0.4, 0.5) is 11.8 Å². The highest BCUT2D eigenvalue weighted by atomic mass is 15.2. The number of hydrogen-bond acceptors (Lipinski definition) is 5. The van der Waals surface area contributed by atoms with Crippen LogP contribution in [0.2, 0.25) is 0 Å². The summed E-state index contributed by atoms with van der Waals surface area (Å²) >= 11 is 0. The lowest BCUT2D eigenvalue weighted by atomic mass is 9.96. The minimum Gasteiger partial charge on any atom is -0.364 e. The second-order valence-corrected chi connectivity index (χ2v) is 8.14. The van der Waals surface area contributed by atoms with Gasteiger partial charge in [-0.15, -0.1) is 0 Å². The number of anilines is 2. The Bertz CT molecular complexity index is 939. The molecule has 0 radical (unpaired) electrons. The molecule has 1 aliphatic rings. The molecule has 4 rings (SSSR count). The van der Waals surface area contributed by atoms with Crippen molar-refractivity contribution in [3.8, 4) is 0 Å². The van der Waals surface area contributed by atoms with Crippen LogP contribution in [0.5, 0.6) is 0 Å². The van der Waals surface area contributed by atoms with Crippen molar-refractivity contribution in [3.63, 3.8) is 0 Å². The van der Waals surface area contributed by atoms with Crippen LogP contribution < -0.4 is 10.6 Å². The summed E-state index contributed by atoms with van der Waals surface area (Å²) in [6.45, 7) is 7.13. The molecule has 28 heavy (non-hydrogen) atoms. The summed E-state index contributed by atoms with van der Waals surface area (Å²) in [5.74, 6) is 1.50. The zero-order chi connectivity index (χ0) is 19.5. The molecule has 2 aromatic heterocycles. The Morgan fingerprint density at radius 2 is 1.96 bits per heavy atom. The molecular formula is C22H30N6. The summed E-state index contributed by atoms with van der Waals surface area (Å²) in [5, 5.41) is 7.07. The number of nitrogens with zero attached hydrogens (tertiary/aromatic N) is 4. The summed E-state index contributed by atoms with van der Waals surface area (Å²) in [4.78, 5) is 14.2. The summed E-state index contributed by atoms with van der Waals surface area (Å²) < 4.78 is 2.11. The second kappa shape index (κ2) is 8.17. The van der Waals surface area contributed by atoms with Crippen LogP contribution in [0, 0.1) is 6.92 Å². The molecule has 148 valence electrons. The van der Waals surface area contributed by atoms with Gasteiger partial charge in [0.25, 0.3) is 0 Å². The molecule has 1 aliphatic carbocycles. The lowest BCUT2D eigenvalue weighted by molar-refractivity contribution is 0.461. The van der Waals surface area contributed by atoms with Gasteiger partial charge in [-0.3, -0.25) is 0 Å². The van der Waals surface area contributed by atoms with E-state index in [-0.39, 0.29) is 0 Å².